The Morgan fingerprint density at radius 1 is 1.19 bits per heavy atom. The first kappa shape index (κ1) is 16.2. The van der Waals surface area contributed by atoms with E-state index in [1.54, 1.807) is 0 Å². The predicted molar refractivity (Wildman–Crippen MR) is 82.0 cm³/mol. The first-order valence-corrected chi connectivity index (χ1v) is 8.22. The van der Waals surface area contributed by atoms with Crippen molar-refractivity contribution >= 4 is 11.8 Å². The summed E-state index contributed by atoms with van der Waals surface area (Å²) < 4.78 is 0. The van der Waals surface area contributed by atoms with Crippen LogP contribution in [0.3, 0.4) is 0 Å². The molecular formula is C15H28N4O2. The smallest absolute Gasteiger partial charge is 0.239 e. The molecule has 2 aliphatic heterocycles. The topological polar surface area (TPSA) is 64.7 Å². The third-order valence-corrected chi connectivity index (χ3v) is 4.23. The van der Waals surface area contributed by atoms with Gasteiger partial charge in [-0.2, -0.15) is 0 Å². The van der Waals surface area contributed by atoms with Crippen LogP contribution in [-0.4, -0.2) is 73.5 Å². The number of carbonyl (C=O) groups excluding carboxylic acids is 2. The van der Waals surface area contributed by atoms with Crippen molar-refractivity contribution in [3.05, 3.63) is 0 Å². The molecule has 2 aliphatic rings. The van der Waals surface area contributed by atoms with Gasteiger partial charge in [0.1, 0.15) is 0 Å². The second kappa shape index (κ2) is 8.34. The van der Waals surface area contributed by atoms with Crippen molar-refractivity contribution in [1.82, 2.24) is 20.4 Å². The summed E-state index contributed by atoms with van der Waals surface area (Å²) in [6.45, 7) is 7.23. The molecule has 120 valence electrons. The number of nitrogens with one attached hydrogen (secondary N) is 2. The van der Waals surface area contributed by atoms with Crippen molar-refractivity contribution < 1.29 is 9.59 Å². The van der Waals surface area contributed by atoms with Gasteiger partial charge in [-0.25, -0.2) is 0 Å². The van der Waals surface area contributed by atoms with Gasteiger partial charge in [0, 0.05) is 32.7 Å². The Morgan fingerprint density at radius 2 is 1.95 bits per heavy atom. The van der Waals surface area contributed by atoms with Crippen molar-refractivity contribution in [3.63, 3.8) is 0 Å². The van der Waals surface area contributed by atoms with Gasteiger partial charge in [-0.05, 0) is 25.8 Å². The number of hydrogen-bond donors (Lipinski definition) is 2. The molecule has 2 heterocycles. The minimum atomic E-state index is 0.0122. The molecule has 0 aromatic carbocycles. The summed E-state index contributed by atoms with van der Waals surface area (Å²) in [6.07, 6.45) is 4.23. The molecule has 0 saturated carbocycles. The summed E-state index contributed by atoms with van der Waals surface area (Å²) >= 11 is 0. The summed E-state index contributed by atoms with van der Waals surface area (Å²) in [5.74, 6) is 0.329. The van der Waals surface area contributed by atoms with Crippen molar-refractivity contribution in [2.24, 2.45) is 0 Å². The molecule has 6 nitrogen and oxygen atoms in total. The minimum Gasteiger partial charge on any atom is -0.355 e. The van der Waals surface area contributed by atoms with Gasteiger partial charge >= 0.3 is 0 Å². The SMILES string of the molecule is CCCNC(=O)CN1CCN(C(=O)[C@@H]2CCCCN2)CC1. The fourth-order valence-electron chi connectivity index (χ4n) is 2.93. The van der Waals surface area contributed by atoms with E-state index < -0.39 is 0 Å². The number of hydrogen-bond acceptors (Lipinski definition) is 4. The van der Waals surface area contributed by atoms with Gasteiger partial charge < -0.3 is 15.5 Å². The Labute approximate surface area is 127 Å². The van der Waals surface area contributed by atoms with Crippen LogP contribution in [-0.2, 0) is 9.59 Å². The van der Waals surface area contributed by atoms with Crippen LogP contribution >= 0.6 is 0 Å². The number of piperidine rings is 1. The maximum Gasteiger partial charge on any atom is 0.239 e. The molecule has 0 aliphatic carbocycles. The molecule has 2 saturated heterocycles. The van der Waals surface area contributed by atoms with Crippen LogP contribution in [0.1, 0.15) is 32.6 Å². The van der Waals surface area contributed by atoms with Crippen LogP contribution < -0.4 is 10.6 Å². The van der Waals surface area contributed by atoms with Gasteiger partial charge in [0.15, 0.2) is 0 Å². The zero-order chi connectivity index (χ0) is 15.1. The van der Waals surface area contributed by atoms with Crippen LogP contribution in [0.15, 0.2) is 0 Å². The monoisotopic (exact) mass is 296 g/mol. The van der Waals surface area contributed by atoms with E-state index in [4.69, 9.17) is 0 Å². The van der Waals surface area contributed by atoms with Gasteiger partial charge in [0.05, 0.1) is 12.6 Å². The van der Waals surface area contributed by atoms with Gasteiger partial charge in [-0.3, -0.25) is 14.5 Å². The highest BCUT2D eigenvalue weighted by Gasteiger charge is 2.28. The highest BCUT2D eigenvalue weighted by Crippen LogP contribution is 2.11. The van der Waals surface area contributed by atoms with Crippen molar-refractivity contribution in [2.45, 2.75) is 38.6 Å². The molecule has 2 rings (SSSR count). The van der Waals surface area contributed by atoms with E-state index in [9.17, 15) is 9.59 Å². The van der Waals surface area contributed by atoms with Crippen LogP contribution in [0.2, 0.25) is 0 Å². The first-order valence-electron chi connectivity index (χ1n) is 8.22. The normalized spacial score (nSPS) is 23.9. The van der Waals surface area contributed by atoms with E-state index in [0.29, 0.717) is 6.54 Å². The average Bonchev–Trinajstić information content (AvgIpc) is 2.54. The van der Waals surface area contributed by atoms with E-state index >= 15 is 0 Å². The summed E-state index contributed by atoms with van der Waals surface area (Å²) in [6, 6.07) is 0.0122. The molecule has 0 aromatic heterocycles. The summed E-state index contributed by atoms with van der Waals surface area (Å²) in [4.78, 5) is 28.2. The van der Waals surface area contributed by atoms with Gasteiger partial charge in [-0.15, -0.1) is 0 Å². The maximum absolute atomic E-state index is 12.4. The van der Waals surface area contributed by atoms with Crippen molar-refractivity contribution in [2.75, 3.05) is 45.8 Å². The quantitative estimate of drug-likeness (QED) is 0.737. The van der Waals surface area contributed by atoms with Crippen molar-refractivity contribution in [3.8, 4) is 0 Å². The van der Waals surface area contributed by atoms with Crippen LogP contribution in [0.5, 0.6) is 0 Å². The highest BCUT2D eigenvalue weighted by atomic mass is 16.2. The Balaban J connectivity index is 1.70. The Hall–Kier alpha value is -1.14. The summed E-state index contributed by atoms with van der Waals surface area (Å²) in [7, 11) is 0. The lowest BCUT2D eigenvalue weighted by molar-refractivity contribution is -0.136. The molecule has 2 amide bonds. The molecule has 0 spiro atoms. The van der Waals surface area contributed by atoms with E-state index in [0.717, 1.165) is 58.5 Å². The van der Waals surface area contributed by atoms with E-state index in [2.05, 4.69) is 15.5 Å². The Kier molecular flexibility index (Phi) is 6.45. The molecule has 6 heteroatoms. The lowest BCUT2D eigenvalue weighted by Gasteiger charge is -2.37. The molecule has 0 aromatic rings. The molecule has 0 bridgehead atoms. The number of piperazine rings is 1. The van der Waals surface area contributed by atoms with Crippen molar-refractivity contribution in [1.29, 1.82) is 0 Å². The molecule has 2 fully saturated rings. The number of amides is 2. The lowest BCUT2D eigenvalue weighted by atomic mass is 10.0. The minimum absolute atomic E-state index is 0.0122. The fourth-order valence-corrected chi connectivity index (χ4v) is 2.93. The van der Waals surface area contributed by atoms with E-state index in [-0.39, 0.29) is 17.9 Å². The Bertz CT molecular complexity index is 348. The van der Waals surface area contributed by atoms with E-state index in [1.807, 2.05) is 11.8 Å². The standard InChI is InChI=1S/C15H28N4O2/c1-2-6-17-14(20)12-18-8-10-19(11-9-18)15(21)13-5-3-4-7-16-13/h13,16H,2-12H2,1H3,(H,17,20)/t13-/m0/s1. The molecule has 1 atom stereocenters. The first-order chi connectivity index (χ1) is 10.2. The average molecular weight is 296 g/mol. The second-order valence-electron chi connectivity index (χ2n) is 5.95. The Morgan fingerprint density at radius 3 is 2.57 bits per heavy atom. The largest absolute Gasteiger partial charge is 0.355 e. The fraction of sp³-hybridized carbons (Fsp3) is 0.867. The summed E-state index contributed by atoms with van der Waals surface area (Å²) in [5.41, 5.74) is 0. The van der Waals surface area contributed by atoms with E-state index in [1.165, 1.54) is 6.42 Å². The van der Waals surface area contributed by atoms with Crippen LogP contribution in [0.25, 0.3) is 0 Å². The zero-order valence-electron chi connectivity index (χ0n) is 13.1. The van der Waals surface area contributed by atoms with Gasteiger partial charge in [0.2, 0.25) is 11.8 Å². The van der Waals surface area contributed by atoms with Crippen LogP contribution in [0.4, 0.5) is 0 Å². The highest BCUT2D eigenvalue weighted by molar-refractivity contribution is 5.82. The third kappa shape index (κ3) is 4.97. The summed E-state index contributed by atoms with van der Waals surface area (Å²) in [5, 5.41) is 6.21. The number of rotatable bonds is 5. The molecule has 0 unspecified atom stereocenters. The lowest BCUT2D eigenvalue weighted by Crippen LogP contribution is -2.56. The third-order valence-electron chi connectivity index (χ3n) is 4.23. The van der Waals surface area contributed by atoms with Gasteiger partial charge in [-0.1, -0.05) is 13.3 Å². The number of carbonyl (C=O) groups is 2. The maximum atomic E-state index is 12.4. The van der Waals surface area contributed by atoms with Gasteiger partial charge in [0.25, 0.3) is 0 Å². The van der Waals surface area contributed by atoms with Crippen LogP contribution in [0, 0.1) is 0 Å². The predicted octanol–water partition coefficient (Wildman–Crippen LogP) is -0.201. The molecule has 21 heavy (non-hydrogen) atoms. The second-order valence-corrected chi connectivity index (χ2v) is 5.95. The molecular weight excluding hydrogens is 268 g/mol. The molecule has 2 N–H and O–H groups in total. The number of nitrogens with zero attached hydrogens (tertiary/aromatic N) is 2. The zero-order valence-corrected chi connectivity index (χ0v) is 13.1. The molecule has 0 radical (unpaired) electrons.